The highest BCUT2D eigenvalue weighted by molar-refractivity contribution is 5.95. The number of amides is 1. The van der Waals surface area contributed by atoms with Gasteiger partial charge in [-0.05, 0) is 26.0 Å². The second-order valence-electron chi connectivity index (χ2n) is 8.55. The lowest BCUT2D eigenvalue weighted by atomic mass is 9.79. The van der Waals surface area contributed by atoms with Gasteiger partial charge in [-0.3, -0.25) is 19.2 Å². The number of aliphatic hydroxyl groups is 1. The molecule has 174 valence electrons. The molecule has 1 amide bonds. The van der Waals surface area contributed by atoms with Crippen molar-refractivity contribution in [2.24, 2.45) is 7.05 Å². The van der Waals surface area contributed by atoms with Crippen LogP contribution in [0, 0.1) is 6.92 Å². The smallest absolute Gasteiger partial charge is 0.290 e. The van der Waals surface area contributed by atoms with Crippen molar-refractivity contribution < 1.29 is 19.8 Å². The Morgan fingerprint density at radius 2 is 1.75 bits per heavy atom. The van der Waals surface area contributed by atoms with Gasteiger partial charge in [-0.1, -0.05) is 30.3 Å². The van der Waals surface area contributed by atoms with Crippen molar-refractivity contribution in [1.82, 2.24) is 24.5 Å². The summed E-state index contributed by atoms with van der Waals surface area (Å²) < 4.78 is 1.69. The summed E-state index contributed by atoms with van der Waals surface area (Å²) in [5.74, 6) is 0.00448. The first-order chi connectivity index (χ1) is 15.3. The highest BCUT2D eigenvalue weighted by atomic mass is 16.3. The Morgan fingerprint density at radius 1 is 1.12 bits per heavy atom. The van der Waals surface area contributed by atoms with E-state index < -0.39 is 5.60 Å². The predicted molar refractivity (Wildman–Crippen MR) is 120 cm³/mol. The third-order valence-electron chi connectivity index (χ3n) is 6.49. The van der Waals surface area contributed by atoms with Crippen molar-refractivity contribution in [2.45, 2.75) is 25.0 Å². The SMILES string of the molecule is Cc1nn(C)cc1C(=O)N1CC[C@](O)(c2ccccc2)[C@H](N2CCN(C)CC2)C1.O=CO. The number of carbonyl (C=O) groups excluding carboxylic acids is 1. The maximum absolute atomic E-state index is 13.2. The molecule has 1 aromatic heterocycles. The predicted octanol–water partition coefficient (Wildman–Crippen LogP) is 0.779. The summed E-state index contributed by atoms with van der Waals surface area (Å²) in [6.45, 7) is 6.39. The molecule has 2 aliphatic rings. The van der Waals surface area contributed by atoms with Crippen molar-refractivity contribution in [3.63, 3.8) is 0 Å². The van der Waals surface area contributed by atoms with Crippen LogP contribution in [0.4, 0.5) is 0 Å². The zero-order valence-electron chi connectivity index (χ0n) is 19.0. The quantitative estimate of drug-likeness (QED) is 0.676. The molecule has 2 fully saturated rings. The van der Waals surface area contributed by atoms with E-state index in [1.54, 1.807) is 10.9 Å². The maximum atomic E-state index is 13.2. The molecule has 0 unspecified atom stereocenters. The van der Waals surface area contributed by atoms with E-state index in [2.05, 4.69) is 21.9 Å². The Balaban J connectivity index is 0.000000913. The van der Waals surface area contributed by atoms with Gasteiger partial charge in [0.15, 0.2) is 0 Å². The third-order valence-corrected chi connectivity index (χ3v) is 6.49. The molecular formula is C23H33N5O4. The molecule has 0 bridgehead atoms. The van der Waals surface area contributed by atoms with Gasteiger partial charge < -0.3 is 20.0 Å². The summed E-state index contributed by atoms with van der Waals surface area (Å²) in [6, 6.07) is 9.81. The van der Waals surface area contributed by atoms with E-state index in [0.29, 0.717) is 25.1 Å². The molecule has 2 saturated heterocycles. The van der Waals surface area contributed by atoms with Gasteiger partial charge in [0.2, 0.25) is 0 Å². The van der Waals surface area contributed by atoms with Crippen molar-refractivity contribution >= 4 is 12.4 Å². The molecule has 0 radical (unpaired) electrons. The van der Waals surface area contributed by atoms with Gasteiger partial charge in [0, 0.05) is 52.5 Å². The minimum Gasteiger partial charge on any atom is -0.483 e. The van der Waals surface area contributed by atoms with Crippen LogP contribution in [0.15, 0.2) is 36.5 Å². The van der Waals surface area contributed by atoms with E-state index in [-0.39, 0.29) is 18.4 Å². The largest absolute Gasteiger partial charge is 0.483 e. The van der Waals surface area contributed by atoms with Crippen molar-refractivity contribution in [3.8, 4) is 0 Å². The standard InChI is InChI=1S/C22H31N5O2.CH2O2/c1-17-19(15-25(3)23-17)21(28)27-10-9-22(29,18-7-5-4-6-8-18)20(16-27)26-13-11-24(2)12-14-26;2-1-3/h4-8,15,20,29H,9-14,16H2,1-3H3;1H,(H,2,3)/t20-,22+;/m1./s1. The molecule has 3 heterocycles. The Hall–Kier alpha value is -2.75. The van der Waals surface area contributed by atoms with Gasteiger partial charge in [0.1, 0.15) is 5.60 Å². The Bertz CT molecular complexity index is 910. The van der Waals surface area contributed by atoms with E-state index in [4.69, 9.17) is 9.90 Å². The Kier molecular flexibility index (Phi) is 7.65. The van der Waals surface area contributed by atoms with E-state index in [1.807, 2.05) is 49.2 Å². The van der Waals surface area contributed by atoms with Gasteiger partial charge in [-0.2, -0.15) is 5.10 Å². The van der Waals surface area contributed by atoms with E-state index in [0.717, 1.165) is 37.4 Å². The van der Waals surface area contributed by atoms with Gasteiger partial charge in [0.05, 0.1) is 17.3 Å². The van der Waals surface area contributed by atoms with Crippen LogP contribution in [0.3, 0.4) is 0 Å². The number of piperazine rings is 1. The second-order valence-corrected chi connectivity index (χ2v) is 8.55. The average Bonchev–Trinajstić information content (AvgIpc) is 3.13. The van der Waals surface area contributed by atoms with E-state index >= 15 is 0 Å². The lowest BCUT2D eigenvalue weighted by Gasteiger charge is -2.51. The number of nitrogens with zero attached hydrogens (tertiary/aromatic N) is 5. The molecular weight excluding hydrogens is 410 g/mol. The summed E-state index contributed by atoms with van der Waals surface area (Å²) in [4.78, 5) is 28.2. The molecule has 9 nitrogen and oxygen atoms in total. The number of likely N-dealkylation sites (N-methyl/N-ethyl adjacent to an activating group) is 1. The van der Waals surface area contributed by atoms with Crippen LogP contribution in [0.25, 0.3) is 0 Å². The highest BCUT2D eigenvalue weighted by Gasteiger charge is 2.47. The number of benzene rings is 1. The highest BCUT2D eigenvalue weighted by Crippen LogP contribution is 2.37. The van der Waals surface area contributed by atoms with Crippen molar-refractivity contribution in [3.05, 3.63) is 53.3 Å². The molecule has 32 heavy (non-hydrogen) atoms. The Labute approximate surface area is 188 Å². The molecule has 0 saturated carbocycles. The fraction of sp³-hybridized carbons (Fsp3) is 0.522. The summed E-state index contributed by atoms with van der Waals surface area (Å²) in [6.07, 6.45) is 2.32. The molecule has 2 aromatic rings. The first-order valence-corrected chi connectivity index (χ1v) is 10.9. The van der Waals surface area contributed by atoms with Crippen LogP contribution in [-0.4, -0.2) is 99.4 Å². The number of carbonyl (C=O) groups is 2. The van der Waals surface area contributed by atoms with Gasteiger partial charge in [-0.15, -0.1) is 0 Å². The fourth-order valence-corrected chi connectivity index (χ4v) is 4.70. The number of hydrogen-bond acceptors (Lipinski definition) is 6. The Morgan fingerprint density at radius 3 is 2.31 bits per heavy atom. The third kappa shape index (κ3) is 5.01. The molecule has 2 aliphatic heterocycles. The summed E-state index contributed by atoms with van der Waals surface area (Å²) in [5, 5.41) is 23.1. The summed E-state index contributed by atoms with van der Waals surface area (Å²) in [7, 11) is 3.96. The van der Waals surface area contributed by atoms with Crippen LogP contribution in [0.5, 0.6) is 0 Å². The topological polar surface area (TPSA) is 102 Å². The van der Waals surface area contributed by atoms with Crippen LogP contribution < -0.4 is 0 Å². The first kappa shape index (κ1) is 23.9. The molecule has 0 aliphatic carbocycles. The van der Waals surface area contributed by atoms with Crippen molar-refractivity contribution in [1.29, 1.82) is 0 Å². The molecule has 9 heteroatoms. The van der Waals surface area contributed by atoms with Gasteiger partial charge in [-0.25, -0.2) is 0 Å². The summed E-state index contributed by atoms with van der Waals surface area (Å²) >= 11 is 0. The number of aryl methyl sites for hydroxylation is 2. The van der Waals surface area contributed by atoms with Crippen LogP contribution in [0.1, 0.15) is 28.0 Å². The van der Waals surface area contributed by atoms with Gasteiger partial charge >= 0.3 is 0 Å². The first-order valence-electron chi connectivity index (χ1n) is 10.9. The van der Waals surface area contributed by atoms with Crippen molar-refractivity contribution in [2.75, 3.05) is 46.3 Å². The van der Waals surface area contributed by atoms with Crippen LogP contribution in [0.2, 0.25) is 0 Å². The zero-order chi connectivity index (χ0) is 23.3. The lowest BCUT2D eigenvalue weighted by Crippen LogP contribution is -2.64. The average molecular weight is 444 g/mol. The molecule has 0 spiro atoms. The number of aromatic nitrogens is 2. The number of piperidine rings is 1. The zero-order valence-corrected chi connectivity index (χ0v) is 19.0. The number of rotatable bonds is 3. The minimum atomic E-state index is -0.960. The maximum Gasteiger partial charge on any atom is 0.290 e. The number of carboxylic acid groups (broad SMARTS) is 1. The van der Waals surface area contributed by atoms with Gasteiger partial charge in [0.25, 0.3) is 12.4 Å². The minimum absolute atomic E-state index is 0.00448. The molecule has 4 rings (SSSR count). The van der Waals surface area contributed by atoms with Crippen LogP contribution >= 0.6 is 0 Å². The molecule has 2 N–H and O–H groups in total. The fourth-order valence-electron chi connectivity index (χ4n) is 4.70. The number of hydrogen-bond donors (Lipinski definition) is 2. The van der Waals surface area contributed by atoms with E-state index in [9.17, 15) is 9.90 Å². The number of likely N-dealkylation sites (tertiary alicyclic amines) is 1. The lowest BCUT2D eigenvalue weighted by molar-refractivity contribution is -0.122. The molecule has 1 aromatic carbocycles. The van der Waals surface area contributed by atoms with Crippen LogP contribution in [-0.2, 0) is 17.4 Å². The van der Waals surface area contributed by atoms with E-state index in [1.165, 1.54) is 0 Å². The molecule has 2 atom stereocenters. The summed E-state index contributed by atoms with van der Waals surface area (Å²) in [5.41, 5.74) is 1.37. The second kappa shape index (κ2) is 10.2. The normalized spacial score (nSPS) is 24.5. The monoisotopic (exact) mass is 443 g/mol.